The number of halogens is 1. The molecule has 0 bridgehead atoms. The molecule has 0 aliphatic carbocycles. The molecular formula is C24H30IN7. The van der Waals surface area contributed by atoms with Crippen molar-refractivity contribution in [1.29, 1.82) is 0 Å². The van der Waals surface area contributed by atoms with Gasteiger partial charge in [-0.1, -0.05) is 43.3 Å². The van der Waals surface area contributed by atoms with E-state index in [1.807, 2.05) is 12.1 Å². The van der Waals surface area contributed by atoms with Gasteiger partial charge in [-0.05, 0) is 42.5 Å². The number of hydrogen-bond donors (Lipinski definition) is 4. The van der Waals surface area contributed by atoms with Crippen LogP contribution in [0.2, 0.25) is 0 Å². The number of H-pyrrole nitrogens is 2. The van der Waals surface area contributed by atoms with E-state index in [0.29, 0.717) is 6.54 Å². The summed E-state index contributed by atoms with van der Waals surface area (Å²) in [6, 6.07) is 14.7. The Kier molecular flexibility index (Phi) is 8.66. The summed E-state index contributed by atoms with van der Waals surface area (Å²) in [7, 11) is 0. The van der Waals surface area contributed by atoms with E-state index in [2.05, 4.69) is 81.2 Å². The van der Waals surface area contributed by atoms with Gasteiger partial charge in [0.2, 0.25) is 0 Å². The lowest BCUT2D eigenvalue weighted by Crippen LogP contribution is -2.38. The fraction of sp³-hybridized carbons (Fsp3) is 0.292. The molecule has 0 spiro atoms. The summed E-state index contributed by atoms with van der Waals surface area (Å²) in [6.07, 6.45) is 5.61. The molecule has 168 valence electrons. The number of benzene rings is 2. The minimum atomic E-state index is 0. The molecule has 0 unspecified atom stereocenters. The van der Waals surface area contributed by atoms with Gasteiger partial charge >= 0.3 is 0 Å². The number of nitrogens with zero attached hydrogens (tertiary/aromatic N) is 3. The number of rotatable bonds is 8. The molecule has 4 rings (SSSR count). The molecule has 4 aromatic rings. The van der Waals surface area contributed by atoms with Gasteiger partial charge in [-0.3, -0.25) is 5.10 Å². The minimum Gasteiger partial charge on any atom is -0.361 e. The van der Waals surface area contributed by atoms with Crippen LogP contribution in [0, 0.1) is 0 Å². The van der Waals surface area contributed by atoms with Crippen LogP contribution < -0.4 is 10.6 Å². The topological polar surface area (TPSA) is 93.8 Å². The van der Waals surface area contributed by atoms with E-state index in [1.165, 1.54) is 28.4 Å². The number of fused-ring (bicyclic) bond motifs is 1. The summed E-state index contributed by atoms with van der Waals surface area (Å²) in [5, 5.41) is 14.9. The van der Waals surface area contributed by atoms with Crippen LogP contribution in [0.1, 0.15) is 30.5 Å². The van der Waals surface area contributed by atoms with Gasteiger partial charge in [0, 0.05) is 35.8 Å². The fourth-order valence-electron chi connectivity index (χ4n) is 3.77. The van der Waals surface area contributed by atoms with Crippen LogP contribution in [0.15, 0.2) is 60.0 Å². The Bertz CT molecular complexity index is 1150. The van der Waals surface area contributed by atoms with Crippen molar-refractivity contribution < 1.29 is 0 Å². The van der Waals surface area contributed by atoms with Gasteiger partial charge in [0.1, 0.15) is 6.33 Å². The molecule has 32 heavy (non-hydrogen) atoms. The van der Waals surface area contributed by atoms with E-state index in [-0.39, 0.29) is 24.0 Å². The maximum Gasteiger partial charge on any atom is 0.191 e. The molecular weight excluding hydrogens is 513 g/mol. The third kappa shape index (κ3) is 5.67. The molecule has 8 heteroatoms. The number of para-hydroxylation sites is 1. The Morgan fingerprint density at radius 2 is 1.94 bits per heavy atom. The van der Waals surface area contributed by atoms with Crippen LogP contribution in [0.5, 0.6) is 0 Å². The van der Waals surface area contributed by atoms with Crippen molar-refractivity contribution in [2.24, 2.45) is 4.99 Å². The lowest BCUT2D eigenvalue weighted by Gasteiger charge is -2.11. The number of aromatic amines is 2. The first-order valence-electron chi connectivity index (χ1n) is 10.8. The standard InChI is InChI=1S/C24H29N7.HI/c1-3-18-8-6-10-21-20(15-27-22(18)21)11-12-26-24(25-4-2)28-14-17-7-5-9-19(13-17)23-29-16-30-31-23;/h5-10,13,15-16,27H,3-4,11-12,14H2,1-2H3,(H2,25,26,28)(H,29,30,31);1H. The maximum atomic E-state index is 4.76. The van der Waals surface area contributed by atoms with Gasteiger partial charge in [0.05, 0.1) is 6.54 Å². The van der Waals surface area contributed by atoms with Crippen molar-refractivity contribution in [3.05, 3.63) is 71.7 Å². The van der Waals surface area contributed by atoms with Gasteiger partial charge in [-0.25, -0.2) is 9.98 Å². The Balaban J connectivity index is 0.00000289. The number of aryl methyl sites for hydroxylation is 1. The van der Waals surface area contributed by atoms with Gasteiger partial charge in [-0.15, -0.1) is 24.0 Å². The highest BCUT2D eigenvalue weighted by Crippen LogP contribution is 2.22. The van der Waals surface area contributed by atoms with Gasteiger partial charge < -0.3 is 15.6 Å². The number of hydrogen-bond acceptors (Lipinski definition) is 3. The molecule has 0 aliphatic rings. The van der Waals surface area contributed by atoms with Gasteiger partial charge in [0.25, 0.3) is 0 Å². The third-order valence-corrected chi connectivity index (χ3v) is 5.33. The molecule has 0 amide bonds. The summed E-state index contributed by atoms with van der Waals surface area (Å²) >= 11 is 0. The van der Waals surface area contributed by atoms with Crippen molar-refractivity contribution in [2.75, 3.05) is 13.1 Å². The highest BCUT2D eigenvalue weighted by Gasteiger charge is 2.07. The summed E-state index contributed by atoms with van der Waals surface area (Å²) in [4.78, 5) is 12.4. The quantitative estimate of drug-likeness (QED) is 0.150. The van der Waals surface area contributed by atoms with E-state index in [4.69, 9.17) is 4.99 Å². The first-order chi connectivity index (χ1) is 15.3. The van der Waals surface area contributed by atoms with E-state index in [1.54, 1.807) is 0 Å². The average Bonchev–Trinajstić information content (AvgIpc) is 3.48. The second-order valence-electron chi connectivity index (χ2n) is 7.41. The van der Waals surface area contributed by atoms with Crippen LogP contribution >= 0.6 is 24.0 Å². The first kappa shape index (κ1) is 23.8. The van der Waals surface area contributed by atoms with Crippen LogP contribution in [-0.4, -0.2) is 39.2 Å². The van der Waals surface area contributed by atoms with Crippen LogP contribution in [-0.2, 0) is 19.4 Å². The molecule has 0 radical (unpaired) electrons. The highest BCUT2D eigenvalue weighted by molar-refractivity contribution is 14.0. The highest BCUT2D eigenvalue weighted by atomic mass is 127. The van der Waals surface area contributed by atoms with Gasteiger partial charge in [0.15, 0.2) is 11.8 Å². The molecule has 0 saturated carbocycles. The zero-order chi connectivity index (χ0) is 21.5. The Labute approximate surface area is 205 Å². The fourth-order valence-corrected chi connectivity index (χ4v) is 3.77. The van der Waals surface area contributed by atoms with Gasteiger partial charge in [-0.2, -0.15) is 5.10 Å². The number of nitrogens with one attached hydrogen (secondary N) is 4. The van der Waals surface area contributed by atoms with Crippen LogP contribution in [0.25, 0.3) is 22.3 Å². The number of guanidine groups is 1. The van der Waals surface area contributed by atoms with E-state index in [9.17, 15) is 0 Å². The average molecular weight is 543 g/mol. The number of aromatic nitrogens is 4. The van der Waals surface area contributed by atoms with Crippen LogP contribution in [0.4, 0.5) is 0 Å². The van der Waals surface area contributed by atoms with E-state index < -0.39 is 0 Å². The minimum absolute atomic E-state index is 0. The SMILES string of the molecule is CCNC(=NCc1cccc(-c2ncn[nH]2)c1)NCCc1c[nH]c2c(CC)cccc12.I. The van der Waals surface area contributed by atoms with Crippen molar-refractivity contribution in [1.82, 2.24) is 30.8 Å². The second kappa shape index (κ2) is 11.7. The lowest BCUT2D eigenvalue weighted by atomic mass is 10.1. The summed E-state index contributed by atoms with van der Waals surface area (Å²) in [6.45, 7) is 6.49. The summed E-state index contributed by atoms with van der Waals surface area (Å²) < 4.78 is 0. The Morgan fingerprint density at radius 1 is 1.06 bits per heavy atom. The summed E-state index contributed by atoms with van der Waals surface area (Å²) in [5.74, 6) is 1.59. The Morgan fingerprint density at radius 3 is 2.72 bits per heavy atom. The molecule has 7 nitrogen and oxygen atoms in total. The molecule has 2 aromatic heterocycles. The zero-order valence-corrected chi connectivity index (χ0v) is 20.8. The van der Waals surface area contributed by atoms with Crippen molar-refractivity contribution in [2.45, 2.75) is 33.2 Å². The van der Waals surface area contributed by atoms with Crippen molar-refractivity contribution in [3.63, 3.8) is 0 Å². The van der Waals surface area contributed by atoms with E-state index >= 15 is 0 Å². The lowest BCUT2D eigenvalue weighted by molar-refractivity contribution is 0.801. The second-order valence-corrected chi connectivity index (χ2v) is 7.41. The predicted octanol–water partition coefficient (Wildman–Crippen LogP) is 4.43. The zero-order valence-electron chi connectivity index (χ0n) is 18.5. The van der Waals surface area contributed by atoms with Crippen molar-refractivity contribution >= 4 is 40.8 Å². The predicted molar refractivity (Wildman–Crippen MR) is 141 cm³/mol. The molecule has 2 heterocycles. The maximum absolute atomic E-state index is 4.76. The third-order valence-electron chi connectivity index (χ3n) is 5.33. The number of aliphatic imine (C=N–C) groups is 1. The summed E-state index contributed by atoms with van der Waals surface area (Å²) in [5.41, 5.74) is 6.07. The largest absolute Gasteiger partial charge is 0.361 e. The normalized spacial score (nSPS) is 11.4. The molecule has 0 aliphatic heterocycles. The molecule has 4 N–H and O–H groups in total. The molecule has 2 aromatic carbocycles. The molecule has 0 atom stereocenters. The van der Waals surface area contributed by atoms with Crippen molar-refractivity contribution in [3.8, 4) is 11.4 Å². The first-order valence-corrected chi connectivity index (χ1v) is 10.8. The Hall–Kier alpha value is -2.88. The smallest absolute Gasteiger partial charge is 0.191 e. The van der Waals surface area contributed by atoms with Crippen LogP contribution in [0.3, 0.4) is 0 Å². The monoisotopic (exact) mass is 543 g/mol. The molecule has 0 saturated heterocycles. The molecule has 0 fully saturated rings. The van der Waals surface area contributed by atoms with E-state index in [0.717, 1.165) is 48.8 Å².